The van der Waals surface area contributed by atoms with Crippen molar-refractivity contribution in [2.24, 2.45) is 0 Å². The first-order valence-corrected chi connectivity index (χ1v) is 7.98. The van der Waals surface area contributed by atoms with Crippen molar-refractivity contribution in [2.75, 3.05) is 13.2 Å². The van der Waals surface area contributed by atoms with Gasteiger partial charge in [-0.25, -0.2) is 0 Å². The minimum absolute atomic E-state index is 0. The minimum Gasteiger partial charge on any atom is -0.492 e. The smallest absolute Gasteiger partial charge is 0.492 e. The summed E-state index contributed by atoms with van der Waals surface area (Å²) < 4.78 is 51.5. The third-order valence-electron chi connectivity index (χ3n) is 3.73. The Morgan fingerprint density at radius 2 is 1.42 bits per heavy atom. The van der Waals surface area contributed by atoms with Crippen LogP contribution in [0.15, 0.2) is 48.5 Å². The van der Waals surface area contributed by atoms with Gasteiger partial charge in [-0.05, 0) is 67.9 Å². The van der Waals surface area contributed by atoms with Gasteiger partial charge in [-0.3, -0.25) is 0 Å². The number of ether oxygens (including phenoxy) is 3. The van der Waals surface area contributed by atoms with Gasteiger partial charge in [0.25, 0.3) is 0 Å². The molecule has 1 heterocycles. The SMILES string of the molecule is Cl.FC(F)(F)Oc1ccc(Oc2ccc(OCC3CCCN3)cc2)cc1. The van der Waals surface area contributed by atoms with Crippen molar-refractivity contribution < 1.29 is 27.4 Å². The molecule has 8 heteroatoms. The normalized spacial score (nSPS) is 16.7. The Kier molecular flexibility index (Phi) is 6.99. The van der Waals surface area contributed by atoms with E-state index in [0.29, 0.717) is 24.1 Å². The van der Waals surface area contributed by atoms with E-state index in [2.05, 4.69) is 10.1 Å². The molecule has 4 nitrogen and oxygen atoms in total. The fourth-order valence-corrected chi connectivity index (χ4v) is 2.55. The molecule has 1 N–H and O–H groups in total. The van der Waals surface area contributed by atoms with Crippen molar-refractivity contribution in [3.8, 4) is 23.0 Å². The molecule has 2 aromatic rings. The van der Waals surface area contributed by atoms with Crippen molar-refractivity contribution in [3.05, 3.63) is 48.5 Å². The van der Waals surface area contributed by atoms with Crippen LogP contribution in [0.5, 0.6) is 23.0 Å². The molecule has 1 unspecified atom stereocenters. The van der Waals surface area contributed by atoms with Gasteiger partial charge in [0.2, 0.25) is 0 Å². The molecule has 0 saturated carbocycles. The molecule has 1 fully saturated rings. The lowest BCUT2D eigenvalue weighted by Crippen LogP contribution is -2.28. The molecule has 0 aromatic heterocycles. The highest BCUT2D eigenvalue weighted by atomic mass is 35.5. The fraction of sp³-hybridized carbons (Fsp3) is 0.333. The van der Waals surface area contributed by atoms with Crippen molar-refractivity contribution in [1.29, 1.82) is 0 Å². The minimum atomic E-state index is -4.70. The topological polar surface area (TPSA) is 39.7 Å². The lowest BCUT2D eigenvalue weighted by molar-refractivity contribution is -0.274. The van der Waals surface area contributed by atoms with Gasteiger partial charge in [0.05, 0.1) is 0 Å². The van der Waals surface area contributed by atoms with Crippen molar-refractivity contribution in [3.63, 3.8) is 0 Å². The summed E-state index contributed by atoms with van der Waals surface area (Å²) >= 11 is 0. The zero-order valence-corrected chi connectivity index (χ0v) is 14.6. The second-order valence-corrected chi connectivity index (χ2v) is 5.70. The molecule has 26 heavy (non-hydrogen) atoms. The van der Waals surface area contributed by atoms with E-state index in [9.17, 15) is 13.2 Å². The molecule has 0 aliphatic carbocycles. The molecule has 0 spiro atoms. The van der Waals surface area contributed by atoms with Gasteiger partial charge in [-0.1, -0.05) is 0 Å². The van der Waals surface area contributed by atoms with Crippen LogP contribution in [0, 0.1) is 0 Å². The van der Waals surface area contributed by atoms with Crippen LogP contribution in [0.3, 0.4) is 0 Å². The summed E-state index contributed by atoms with van der Waals surface area (Å²) in [6.45, 7) is 1.66. The van der Waals surface area contributed by atoms with Crippen molar-refractivity contribution in [2.45, 2.75) is 25.2 Å². The van der Waals surface area contributed by atoms with Gasteiger partial charge >= 0.3 is 6.36 Å². The molecule has 0 bridgehead atoms. The highest BCUT2D eigenvalue weighted by molar-refractivity contribution is 5.85. The van der Waals surface area contributed by atoms with Crippen LogP contribution in [0.1, 0.15) is 12.8 Å². The molecule has 2 aromatic carbocycles. The summed E-state index contributed by atoms with van der Waals surface area (Å²) in [6.07, 6.45) is -2.41. The number of nitrogens with one attached hydrogen (secondary N) is 1. The van der Waals surface area contributed by atoms with Gasteiger partial charge < -0.3 is 19.5 Å². The first-order chi connectivity index (χ1) is 12.0. The average Bonchev–Trinajstić information content (AvgIpc) is 3.08. The van der Waals surface area contributed by atoms with Crippen LogP contribution in [0.2, 0.25) is 0 Å². The maximum Gasteiger partial charge on any atom is 0.573 e. The first kappa shape index (κ1) is 20.2. The predicted octanol–water partition coefficient (Wildman–Crippen LogP) is 4.93. The van der Waals surface area contributed by atoms with Crippen LogP contribution in [0.4, 0.5) is 13.2 Å². The molecule has 1 saturated heterocycles. The van der Waals surface area contributed by atoms with Gasteiger partial charge in [-0.15, -0.1) is 25.6 Å². The number of benzene rings is 2. The molecule has 0 amide bonds. The Morgan fingerprint density at radius 1 is 0.885 bits per heavy atom. The molecule has 0 radical (unpaired) electrons. The van der Waals surface area contributed by atoms with Crippen LogP contribution in [-0.2, 0) is 0 Å². The first-order valence-electron chi connectivity index (χ1n) is 7.98. The zero-order valence-electron chi connectivity index (χ0n) is 13.8. The average molecular weight is 390 g/mol. The van der Waals surface area contributed by atoms with Gasteiger partial charge in [-0.2, -0.15) is 0 Å². The van der Waals surface area contributed by atoms with E-state index in [0.717, 1.165) is 18.7 Å². The van der Waals surface area contributed by atoms with E-state index in [1.165, 1.54) is 30.7 Å². The number of hydrogen-bond acceptors (Lipinski definition) is 4. The summed E-state index contributed by atoms with van der Waals surface area (Å²) in [5.74, 6) is 1.44. The molecule has 1 aliphatic rings. The van der Waals surface area contributed by atoms with E-state index >= 15 is 0 Å². The fourth-order valence-electron chi connectivity index (χ4n) is 2.55. The Labute approximate surface area is 155 Å². The second kappa shape index (κ2) is 9.00. The van der Waals surface area contributed by atoms with E-state index in [-0.39, 0.29) is 18.2 Å². The lowest BCUT2D eigenvalue weighted by Gasteiger charge is -2.13. The lowest BCUT2D eigenvalue weighted by atomic mass is 10.2. The second-order valence-electron chi connectivity index (χ2n) is 5.70. The molecule has 1 aliphatic heterocycles. The maximum atomic E-state index is 12.1. The Balaban J connectivity index is 0.00000243. The number of hydrogen-bond donors (Lipinski definition) is 1. The van der Waals surface area contributed by atoms with Gasteiger partial charge in [0, 0.05) is 6.04 Å². The van der Waals surface area contributed by atoms with Gasteiger partial charge in [0.1, 0.15) is 29.6 Å². The third kappa shape index (κ3) is 6.31. The van der Waals surface area contributed by atoms with Crippen molar-refractivity contribution in [1.82, 2.24) is 5.32 Å². The number of halogens is 4. The van der Waals surface area contributed by atoms with Crippen LogP contribution >= 0.6 is 12.4 Å². The zero-order chi connectivity index (χ0) is 17.7. The Morgan fingerprint density at radius 3 is 1.92 bits per heavy atom. The van der Waals surface area contributed by atoms with Crippen LogP contribution in [-0.4, -0.2) is 25.6 Å². The maximum absolute atomic E-state index is 12.1. The van der Waals surface area contributed by atoms with E-state index < -0.39 is 6.36 Å². The molecule has 142 valence electrons. The summed E-state index contributed by atoms with van der Waals surface area (Å²) in [7, 11) is 0. The Hall–Kier alpha value is -2.12. The summed E-state index contributed by atoms with van der Waals surface area (Å²) in [6, 6.07) is 12.7. The number of rotatable bonds is 6. The summed E-state index contributed by atoms with van der Waals surface area (Å²) in [5, 5.41) is 3.36. The highest BCUT2D eigenvalue weighted by Crippen LogP contribution is 2.28. The largest absolute Gasteiger partial charge is 0.573 e. The molecular formula is C18H19ClF3NO3. The highest BCUT2D eigenvalue weighted by Gasteiger charge is 2.30. The molecular weight excluding hydrogens is 371 g/mol. The van der Waals surface area contributed by atoms with E-state index in [1.807, 2.05) is 0 Å². The third-order valence-corrected chi connectivity index (χ3v) is 3.73. The summed E-state index contributed by atoms with van der Waals surface area (Å²) in [5.41, 5.74) is 0. The van der Waals surface area contributed by atoms with E-state index in [1.54, 1.807) is 24.3 Å². The molecule has 3 rings (SSSR count). The summed E-state index contributed by atoms with van der Waals surface area (Å²) in [4.78, 5) is 0. The van der Waals surface area contributed by atoms with Crippen molar-refractivity contribution >= 4 is 12.4 Å². The number of alkyl halides is 3. The standard InChI is InChI=1S/C18H18F3NO3.ClH/c19-18(20,21)25-17-9-7-16(8-10-17)24-15-5-3-14(4-6-15)23-12-13-2-1-11-22-13;/h3-10,13,22H,1-2,11-12H2;1H. The predicted molar refractivity (Wildman–Crippen MR) is 93.4 cm³/mol. The van der Waals surface area contributed by atoms with Gasteiger partial charge in [0.15, 0.2) is 0 Å². The van der Waals surface area contributed by atoms with Crippen LogP contribution in [0.25, 0.3) is 0 Å². The molecule has 1 atom stereocenters. The van der Waals surface area contributed by atoms with E-state index in [4.69, 9.17) is 9.47 Å². The monoisotopic (exact) mass is 389 g/mol. The Bertz CT molecular complexity index is 672. The van der Waals surface area contributed by atoms with Crippen LogP contribution < -0.4 is 19.5 Å². The quantitative estimate of drug-likeness (QED) is 0.760.